The number of aliphatic hydroxyl groups excluding tert-OH is 1. The zero-order valence-electron chi connectivity index (χ0n) is 17.6. The number of ether oxygens (including phenoxy) is 1. The van der Waals surface area contributed by atoms with Crippen LogP contribution < -0.4 is 4.90 Å². The lowest BCUT2D eigenvalue weighted by Crippen LogP contribution is -2.25. The molecule has 2 aromatic rings. The number of aryl methyl sites for hydroxylation is 1. The molecule has 0 unspecified atom stereocenters. The van der Waals surface area contributed by atoms with E-state index in [1.54, 1.807) is 36.4 Å². The third-order valence-electron chi connectivity index (χ3n) is 5.74. The molecule has 0 bridgehead atoms. The predicted octanol–water partition coefficient (Wildman–Crippen LogP) is 3.52. The Hall–Kier alpha value is -2.30. The Labute approximate surface area is 189 Å². The summed E-state index contributed by atoms with van der Waals surface area (Å²) in [6, 6.07) is 11.3. The van der Waals surface area contributed by atoms with Crippen LogP contribution in [0.5, 0.6) is 0 Å². The van der Waals surface area contributed by atoms with Crippen LogP contribution in [0.2, 0.25) is 0 Å². The lowest BCUT2D eigenvalue weighted by Gasteiger charge is -2.25. The monoisotopic (exact) mass is 480 g/mol. The molecule has 0 aliphatic carbocycles. The average Bonchev–Trinajstić information content (AvgIpc) is 3.15. The van der Waals surface area contributed by atoms with Crippen molar-refractivity contribution in [2.75, 3.05) is 29.6 Å². The molecule has 0 spiro atoms. The van der Waals surface area contributed by atoms with Crippen molar-refractivity contribution in [3.8, 4) is 0 Å². The van der Waals surface area contributed by atoms with Gasteiger partial charge in [0, 0.05) is 11.5 Å². The van der Waals surface area contributed by atoms with Gasteiger partial charge in [0.15, 0.2) is 0 Å². The highest BCUT2D eigenvalue weighted by molar-refractivity contribution is 8.00. The van der Waals surface area contributed by atoms with Crippen LogP contribution in [-0.4, -0.2) is 50.4 Å². The highest BCUT2D eigenvalue weighted by atomic mass is 32.3. The number of rotatable bonds is 5. The second-order valence-electron chi connectivity index (χ2n) is 8.01. The standard InChI is InChI=1S/C22H25FN2O5S2/c1-15-2-5-19(6-3-15)32(28,29)24-31-10-8-16(9-11-31)20-7-4-17(12-21(20)23)25-13-18(14-26)30-22(25)27/h2-7,12,16,18,26H,8-11,13-14H2,1H3/t16?,18-,31?/m1/s1. The molecule has 4 rings (SSSR count). The van der Waals surface area contributed by atoms with Gasteiger partial charge in [-0.2, -0.15) is 8.42 Å². The number of nitrogens with zero attached hydrogens (tertiary/aromatic N) is 2. The van der Waals surface area contributed by atoms with E-state index >= 15 is 0 Å². The zero-order chi connectivity index (χ0) is 22.9. The molecule has 172 valence electrons. The van der Waals surface area contributed by atoms with Gasteiger partial charge in [-0.1, -0.05) is 34.5 Å². The number of cyclic esters (lactones) is 1. The van der Waals surface area contributed by atoms with Gasteiger partial charge in [-0.05, 0) is 55.5 Å². The van der Waals surface area contributed by atoms with Crippen molar-refractivity contribution in [1.82, 2.24) is 0 Å². The number of anilines is 1. The van der Waals surface area contributed by atoms with Gasteiger partial charge < -0.3 is 9.84 Å². The normalized spacial score (nSPS) is 23.8. The summed E-state index contributed by atoms with van der Waals surface area (Å²) in [7, 11) is -4.31. The molecule has 7 nitrogen and oxygen atoms in total. The number of carbonyl (C=O) groups excluding carboxylic acids is 1. The first-order chi connectivity index (χ1) is 15.3. The fourth-order valence-corrected chi connectivity index (χ4v) is 7.77. The third kappa shape index (κ3) is 4.87. The summed E-state index contributed by atoms with van der Waals surface area (Å²) in [5.41, 5.74) is 1.93. The second-order valence-corrected chi connectivity index (χ2v) is 11.8. The first kappa shape index (κ1) is 22.9. The van der Waals surface area contributed by atoms with Gasteiger partial charge in [0.2, 0.25) is 0 Å². The first-order valence-corrected chi connectivity index (χ1v) is 13.3. The van der Waals surface area contributed by atoms with E-state index in [2.05, 4.69) is 3.77 Å². The van der Waals surface area contributed by atoms with Crippen molar-refractivity contribution in [2.24, 2.45) is 3.77 Å². The molecule has 0 aromatic heterocycles. The van der Waals surface area contributed by atoms with E-state index in [1.165, 1.54) is 11.0 Å². The number of hydrogen-bond acceptors (Lipinski definition) is 5. The van der Waals surface area contributed by atoms with Crippen LogP contribution in [-0.2, 0) is 25.5 Å². The van der Waals surface area contributed by atoms with E-state index in [1.807, 2.05) is 6.92 Å². The van der Waals surface area contributed by atoms with Gasteiger partial charge in [-0.15, -0.1) is 3.77 Å². The molecule has 2 fully saturated rings. The molecule has 2 saturated heterocycles. The van der Waals surface area contributed by atoms with E-state index in [4.69, 9.17) is 9.84 Å². The average molecular weight is 481 g/mol. The summed E-state index contributed by atoms with van der Waals surface area (Å²) < 4.78 is 49.2. The smallest absolute Gasteiger partial charge is 0.414 e. The van der Waals surface area contributed by atoms with Gasteiger partial charge in [0.25, 0.3) is 10.0 Å². The number of carbonyl (C=O) groups is 1. The minimum Gasteiger partial charge on any atom is -0.441 e. The van der Waals surface area contributed by atoms with Crippen molar-refractivity contribution >= 4 is 32.5 Å². The van der Waals surface area contributed by atoms with Gasteiger partial charge in [-0.25, -0.2) is 9.18 Å². The number of aliphatic hydroxyl groups is 1. The molecule has 1 atom stereocenters. The van der Waals surface area contributed by atoms with Gasteiger partial charge in [0.05, 0.1) is 23.7 Å². The summed E-state index contributed by atoms with van der Waals surface area (Å²) in [6.07, 6.45) is 0.0747. The van der Waals surface area contributed by atoms with Gasteiger partial charge >= 0.3 is 6.09 Å². The quantitative estimate of drug-likeness (QED) is 0.706. The number of sulfonamides is 1. The van der Waals surface area contributed by atoms with E-state index in [9.17, 15) is 17.6 Å². The van der Waals surface area contributed by atoms with Crippen LogP contribution in [0.25, 0.3) is 0 Å². The molecular formula is C22H25FN2O5S2. The fourth-order valence-electron chi connectivity index (χ4n) is 3.92. The molecule has 0 radical (unpaired) electrons. The van der Waals surface area contributed by atoms with E-state index in [-0.39, 0.29) is 24.0 Å². The SMILES string of the molecule is Cc1ccc(S(=O)(=O)N=S2CCC(c3ccc(N4C[C@H](CO)OC4=O)cc3F)CC2)cc1. The summed E-state index contributed by atoms with van der Waals surface area (Å²) in [6.45, 7) is 1.79. The molecular weight excluding hydrogens is 455 g/mol. The molecule has 1 amide bonds. The highest BCUT2D eigenvalue weighted by Gasteiger charge is 2.32. The topological polar surface area (TPSA) is 96.3 Å². The number of hydrogen-bond donors (Lipinski definition) is 1. The van der Waals surface area contributed by atoms with E-state index in [0.717, 1.165) is 5.56 Å². The van der Waals surface area contributed by atoms with E-state index < -0.39 is 38.7 Å². The summed E-state index contributed by atoms with van der Waals surface area (Å²) in [5, 5.41) is 9.16. The Morgan fingerprint density at radius 2 is 1.88 bits per heavy atom. The van der Waals surface area contributed by atoms with Crippen LogP contribution in [0, 0.1) is 12.7 Å². The summed E-state index contributed by atoms with van der Waals surface area (Å²) >= 11 is 0. The highest BCUT2D eigenvalue weighted by Crippen LogP contribution is 2.33. The molecule has 32 heavy (non-hydrogen) atoms. The lowest BCUT2D eigenvalue weighted by atomic mass is 9.93. The Balaban J connectivity index is 1.43. The first-order valence-electron chi connectivity index (χ1n) is 10.4. The largest absolute Gasteiger partial charge is 0.441 e. The zero-order valence-corrected chi connectivity index (χ0v) is 19.2. The summed E-state index contributed by atoms with van der Waals surface area (Å²) in [5.74, 6) is 0.751. The molecule has 1 N–H and O–H groups in total. The Bertz CT molecular complexity index is 1140. The second kappa shape index (κ2) is 9.29. The molecule has 2 aliphatic heterocycles. The minimum absolute atomic E-state index is 0.0270. The lowest BCUT2D eigenvalue weighted by molar-refractivity contribution is 0.0963. The molecule has 0 saturated carbocycles. The Morgan fingerprint density at radius 3 is 2.47 bits per heavy atom. The van der Waals surface area contributed by atoms with Crippen molar-refractivity contribution < 1.29 is 27.4 Å². The summed E-state index contributed by atoms with van der Waals surface area (Å²) in [4.78, 5) is 13.4. The third-order valence-corrected chi connectivity index (χ3v) is 9.65. The number of amides is 1. The van der Waals surface area contributed by atoms with Crippen LogP contribution in [0.15, 0.2) is 51.1 Å². The van der Waals surface area contributed by atoms with Crippen molar-refractivity contribution in [3.63, 3.8) is 0 Å². The Kier molecular flexibility index (Phi) is 6.64. The van der Waals surface area contributed by atoms with Crippen molar-refractivity contribution in [3.05, 3.63) is 59.4 Å². The van der Waals surface area contributed by atoms with Crippen molar-refractivity contribution in [2.45, 2.75) is 36.7 Å². The van der Waals surface area contributed by atoms with Crippen LogP contribution in [0.1, 0.15) is 29.9 Å². The maximum atomic E-state index is 14.9. The molecule has 2 aliphatic rings. The predicted molar refractivity (Wildman–Crippen MR) is 121 cm³/mol. The van der Waals surface area contributed by atoms with Crippen LogP contribution in [0.4, 0.5) is 14.9 Å². The van der Waals surface area contributed by atoms with E-state index in [0.29, 0.717) is 35.6 Å². The fraction of sp³-hybridized carbons (Fsp3) is 0.409. The van der Waals surface area contributed by atoms with Crippen LogP contribution >= 0.6 is 0 Å². The maximum Gasteiger partial charge on any atom is 0.414 e. The van der Waals surface area contributed by atoms with Gasteiger partial charge in [0.1, 0.15) is 11.9 Å². The van der Waals surface area contributed by atoms with Crippen molar-refractivity contribution in [1.29, 1.82) is 0 Å². The van der Waals surface area contributed by atoms with Gasteiger partial charge in [-0.3, -0.25) is 4.90 Å². The number of halogens is 1. The Morgan fingerprint density at radius 1 is 1.19 bits per heavy atom. The minimum atomic E-state index is -3.70. The maximum absolute atomic E-state index is 14.9. The molecule has 10 heteroatoms. The number of benzene rings is 2. The molecule has 2 heterocycles. The van der Waals surface area contributed by atoms with Crippen LogP contribution in [0.3, 0.4) is 0 Å². The molecule has 2 aromatic carbocycles.